The Hall–Kier alpha value is -2.54. The molecule has 0 unspecified atom stereocenters. The molecule has 0 radical (unpaired) electrons. The lowest BCUT2D eigenvalue weighted by Crippen LogP contribution is -2.38. The van der Waals surface area contributed by atoms with Crippen LogP contribution in [0.4, 0.5) is 0 Å². The third-order valence-corrected chi connectivity index (χ3v) is 5.06. The molecular formula is C19H17BrO6. The van der Waals surface area contributed by atoms with Crippen LogP contribution in [0.5, 0.6) is 17.2 Å². The van der Waals surface area contributed by atoms with E-state index in [2.05, 4.69) is 15.9 Å². The quantitative estimate of drug-likeness (QED) is 0.429. The highest BCUT2D eigenvalue weighted by molar-refractivity contribution is 9.10. The number of benzene rings is 2. The minimum Gasteiger partial charge on any atom is -0.496 e. The first-order chi connectivity index (χ1) is 12.5. The van der Waals surface area contributed by atoms with E-state index in [0.29, 0.717) is 22.8 Å². The second-order valence-electron chi connectivity index (χ2n) is 5.66. The molecule has 6 nitrogen and oxygen atoms in total. The van der Waals surface area contributed by atoms with Crippen LogP contribution in [-0.4, -0.2) is 33.3 Å². The Kier molecular flexibility index (Phi) is 5.18. The van der Waals surface area contributed by atoms with E-state index < -0.39 is 23.8 Å². The summed E-state index contributed by atoms with van der Waals surface area (Å²) in [5.74, 6) is -1.88. The van der Waals surface area contributed by atoms with Crippen LogP contribution >= 0.6 is 15.9 Å². The first kappa shape index (κ1) is 18.3. The lowest BCUT2D eigenvalue weighted by molar-refractivity contribution is -0.157. The SMILES string of the molecule is COC(=O)[C@@H]1C(=O)Oc2cc(OC)cc(OC)c2[C@H]1c1ccccc1Br. The van der Waals surface area contributed by atoms with Gasteiger partial charge in [-0.1, -0.05) is 34.1 Å². The molecule has 2 aromatic rings. The van der Waals surface area contributed by atoms with Gasteiger partial charge in [0.1, 0.15) is 17.2 Å². The molecule has 7 heteroatoms. The van der Waals surface area contributed by atoms with E-state index in [9.17, 15) is 9.59 Å². The van der Waals surface area contributed by atoms with Gasteiger partial charge in [-0.2, -0.15) is 0 Å². The van der Waals surface area contributed by atoms with Crippen LogP contribution in [0.25, 0.3) is 0 Å². The number of hydrogen-bond donors (Lipinski definition) is 0. The van der Waals surface area contributed by atoms with Gasteiger partial charge in [0.15, 0.2) is 5.92 Å². The Labute approximate surface area is 159 Å². The van der Waals surface area contributed by atoms with E-state index >= 15 is 0 Å². The van der Waals surface area contributed by atoms with Crippen molar-refractivity contribution in [3.8, 4) is 17.2 Å². The van der Waals surface area contributed by atoms with Gasteiger partial charge < -0.3 is 18.9 Å². The first-order valence-corrected chi connectivity index (χ1v) is 8.61. The average Bonchev–Trinajstić information content (AvgIpc) is 2.65. The van der Waals surface area contributed by atoms with E-state index in [0.717, 1.165) is 10.0 Å². The summed E-state index contributed by atoms with van der Waals surface area (Å²) in [6.45, 7) is 0. The van der Waals surface area contributed by atoms with Crippen LogP contribution in [0.2, 0.25) is 0 Å². The molecule has 0 amide bonds. The van der Waals surface area contributed by atoms with Crippen molar-refractivity contribution in [2.24, 2.45) is 5.92 Å². The van der Waals surface area contributed by atoms with Crippen molar-refractivity contribution >= 4 is 27.9 Å². The molecule has 0 fully saturated rings. The average molecular weight is 421 g/mol. The summed E-state index contributed by atoms with van der Waals surface area (Å²) in [5, 5.41) is 0. The maximum Gasteiger partial charge on any atom is 0.326 e. The van der Waals surface area contributed by atoms with Crippen molar-refractivity contribution in [3.63, 3.8) is 0 Å². The van der Waals surface area contributed by atoms with Gasteiger partial charge in [-0.25, -0.2) is 0 Å². The highest BCUT2D eigenvalue weighted by Crippen LogP contribution is 2.50. The van der Waals surface area contributed by atoms with Crippen molar-refractivity contribution in [2.75, 3.05) is 21.3 Å². The molecule has 0 aliphatic carbocycles. The number of carbonyl (C=O) groups excluding carboxylic acids is 2. The van der Waals surface area contributed by atoms with Gasteiger partial charge >= 0.3 is 11.9 Å². The van der Waals surface area contributed by atoms with Crippen molar-refractivity contribution in [1.82, 2.24) is 0 Å². The Morgan fingerprint density at radius 2 is 1.85 bits per heavy atom. The third kappa shape index (κ3) is 3.03. The molecule has 1 aliphatic rings. The summed E-state index contributed by atoms with van der Waals surface area (Å²) in [6, 6.07) is 10.7. The van der Waals surface area contributed by atoms with Crippen LogP contribution in [0.3, 0.4) is 0 Å². The maximum absolute atomic E-state index is 12.6. The van der Waals surface area contributed by atoms with Crippen molar-refractivity contribution in [3.05, 3.63) is 52.0 Å². The Bertz CT molecular complexity index is 863. The van der Waals surface area contributed by atoms with Gasteiger partial charge in [0.25, 0.3) is 0 Å². The van der Waals surface area contributed by atoms with Crippen molar-refractivity contribution < 1.29 is 28.5 Å². The molecule has 0 aromatic heterocycles. The molecule has 26 heavy (non-hydrogen) atoms. The first-order valence-electron chi connectivity index (χ1n) is 7.81. The fourth-order valence-electron chi connectivity index (χ4n) is 3.15. The molecule has 0 saturated heterocycles. The lowest BCUT2D eigenvalue weighted by Gasteiger charge is -2.32. The van der Waals surface area contributed by atoms with Crippen molar-refractivity contribution in [1.29, 1.82) is 0 Å². The molecule has 2 atom stereocenters. The van der Waals surface area contributed by atoms with E-state index in [-0.39, 0.29) is 0 Å². The minimum atomic E-state index is -1.14. The van der Waals surface area contributed by atoms with E-state index in [4.69, 9.17) is 18.9 Å². The zero-order valence-corrected chi connectivity index (χ0v) is 16.0. The molecule has 0 saturated carbocycles. The van der Waals surface area contributed by atoms with Gasteiger partial charge in [-0.05, 0) is 11.6 Å². The van der Waals surface area contributed by atoms with Crippen LogP contribution in [0.15, 0.2) is 40.9 Å². The minimum absolute atomic E-state index is 0.298. The predicted molar refractivity (Wildman–Crippen MR) is 96.7 cm³/mol. The molecule has 3 rings (SSSR count). The Morgan fingerprint density at radius 1 is 1.12 bits per heavy atom. The predicted octanol–water partition coefficient (Wildman–Crippen LogP) is 3.31. The normalized spacial score (nSPS) is 18.5. The Balaban J connectivity index is 2.31. The fraction of sp³-hybridized carbons (Fsp3) is 0.263. The molecule has 1 heterocycles. The number of methoxy groups -OCH3 is 3. The summed E-state index contributed by atoms with van der Waals surface area (Å²) < 4.78 is 21.8. The zero-order valence-electron chi connectivity index (χ0n) is 14.4. The van der Waals surface area contributed by atoms with Crippen LogP contribution in [0, 0.1) is 5.92 Å². The standard InChI is InChI=1S/C19H17BrO6/c1-23-10-8-13(24-2)16-14(9-10)26-19(22)17(18(21)25-3)15(16)11-6-4-5-7-12(11)20/h4-9,15,17H,1-3H3/t15-,17-/m1/s1. The number of halogens is 1. The fourth-order valence-corrected chi connectivity index (χ4v) is 3.68. The third-order valence-electron chi connectivity index (χ3n) is 4.34. The summed E-state index contributed by atoms with van der Waals surface area (Å²) >= 11 is 3.51. The molecule has 0 bridgehead atoms. The topological polar surface area (TPSA) is 71.1 Å². The largest absolute Gasteiger partial charge is 0.496 e. The van der Waals surface area contributed by atoms with Gasteiger partial charge in [0, 0.05) is 28.1 Å². The number of ether oxygens (including phenoxy) is 4. The summed E-state index contributed by atoms with van der Waals surface area (Å²) in [7, 11) is 4.26. The zero-order chi connectivity index (χ0) is 18.8. The van der Waals surface area contributed by atoms with Gasteiger partial charge in [0.05, 0.1) is 21.3 Å². The van der Waals surface area contributed by atoms with E-state index in [1.165, 1.54) is 21.3 Å². The summed E-state index contributed by atoms with van der Waals surface area (Å²) in [4.78, 5) is 25.0. The molecule has 0 N–H and O–H groups in total. The van der Waals surface area contributed by atoms with E-state index in [1.807, 2.05) is 24.3 Å². The lowest BCUT2D eigenvalue weighted by atomic mass is 9.78. The Morgan fingerprint density at radius 3 is 2.46 bits per heavy atom. The van der Waals surface area contributed by atoms with Gasteiger partial charge in [0.2, 0.25) is 0 Å². The smallest absolute Gasteiger partial charge is 0.326 e. The number of carbonyl (C=O) groups is 2. The van der Waals surface area contributed by atoms with Crippen LogP contribution in [0.1, 0.15) is 17.0 Å². The van der Waals surface area contributed by atoms with E-state index in [1.54, 1.807) is 12.1 Å². The van der Waals surface area contributed by atoms with Crippen LogP contribution < -0.4 is 14.2 Å². The van der Waals surface area contributed by atoms with Gasteiger partial charge in [-0.3, -0.25) is 9.59 Å². The second kappa shape index (κ2) is 7.37. The molecule has 136 valence electrons. The number of hydrogen-bond acceptors (Lipinski definition) is 6. The highest BCUT2D eigenvalue weighted by Gasteiger charge is 2.46. The molecular weight excluding hydrogens is 404 g/mol. The highest BCUT2D eigenvalue weighted by atomic mass is 79.9. The van der Waals surface area contributed by atoms with Crippen LogP contribution in [-0.2, 0) is 14.3 Å². The monoisotopic (exact) mass is 420 g/mol. The molecule has 2 aromatic carbocycles. The molecule has 0 spiro atoms. The van der Waals surface area contributed by atoms with Gasteiger partial charge in [-0.15, -0.1) is 0 Å². The van der Waals surface area contributed by atoms with Crippen molar-refractivity contribution in [2.45, 2.75) is 5.92 Å². The number of fused-ring (bicyclic) bond motifs is 1. The summed E-state index contributed by atoms with van der Waals surface area (Å²) in [5.41, 5.74) is 1.35. The second-order valence-corrected chi connectivity index (χ2v) is 6.52. The summed E-state index contributed by atoms with van der Waals surface area (Å²) in [6.07, 6.45) is 0. The number of esters is 2. The number of rotatable bonds is 4. The molecule has 1 aliphatic heterocycles. The maximum atomic E-state index is 12.6.